The van der Waals surface area contributed by atoms with Crippen molar-refractivity contribution >= 4 is 145 Å². The number of carbonyl (C=O) groups is 24. The van der Waals surface area contributed by atoms with Crippen LogP contribution in [0.1, 0.15) is 66.7 Å². The number of hydrogen-bond acceptors (Lipinski definition) is 60. The van der Waals surface area contributed by atoms with E-state index in [1.165, 1.54) is 38.1 Å². The van der Waals surface area contributed by atoms with E-state index in [1.807, 2.05) is 0 Å². The Kier molecular flexibility index (Phi) is 38.6. The van der Waals surface area contributed by atoms with Gasteiger partial charge in [0, 0.05) is 11.8 Å². The fourth-order valence-corrected chi connectivity index (χ4v) is 11.0. The zero-order valence-corrected chi connectivity index (χ0v) is 73.2. The van der Waals surface area contributed by atoms with Gasteiger partial charge in [-0.3, -0.25) is 0 Å². The maximum Gasteiger partial charge on any atom is 0.509 e. The smallest absolute Gasteiger partial charge is 0.463 e. The molecule has 776 valence electrons. The van der Waals surface area contributed by atoms with Crippen molar-refractivity contribution in [2.45, 2.75) is 182 Å². The van der Waals surface area contributed by atoms with Crippen molar-refractivity contribution in [3.8, 4) is 11.5 Å². The minimum Gasteiger partial charge on any atom is -0.463 e. The summed E-state index contributed by atoms with van der Waals surface area (Å²) in [6, 6.07) is 5.48. The Labute approximate surface area is 782 Å². The number of halogens is 4. The molecule has 15 atom stereocenters. The fourth-order valence-electron chi connectivity index (χ4n) is 11.0. The van der Waals surface area contributed by atoms with Crippen LogP contribution in [0, 0.1) is 5.41 Å². The van der Waals surface area contributed by atoms with Crippen LogP contribution in [-0.2, 0) is 219 Å². The lowest BCUT2D eigenvalue weighted by Gasteiger charge is -2.28. The SMILES string of the molecule is CC(C)(COC(=O)C1COC(=O)O1)COC(=O)C1COC(=O)O1.CC(CCOC(=O)C1COC(=O)O1)OC(=O)C1COC(=O)O1.CC(OC(=O)C1COC(=O)O1)C(C)OC(=O)C1COC(=O)O1.O=C1OCC(C(=O)OC2CCC(OC(=O)C3COC(=O)O3)CC2)O1.O=C1OCC(C(=O)OCC(F)(F)C(F)(F)COC(=O)C2COC(=O)O2)O1.O=C1OCC(C(=O)Oc2ccc(OC(=O)C3COC(=O)O3)cc2)O1. The van der Waals surface area contributed by atoms with Gasteiger partial charge in [0.05, 0.1) is 19.8 Å². The molecule has 12 heterocycles. The molecule has 141 heavy (non-hydrogen) atoms. The molecular formula is C77H80F4O60. The highest BCUT2D eigenvalue weighted by Crippen LogP contribution is 2.36. The standard InChI is InChI=1S/C14H16O10.C14H10O10.C13H16O10.C12H10F4O10.2C12H14O10/c2*15-11(9-5-19-13(17)23-9)21-7-1-2-8(4-3-7)22-12(16)10-6-20-14(18)24-10;1-13(2,5-20-9(14)7-3-18-11(16)22-7)6-21-10(15)8-4-19-12(17)23-8;13-11(14,3-23-7(17)5-1-21-9(19)25-5)12(15,16)4-24-8(18)6-2-22-10(20)26-6;1-5(19-9(13)7-3-17-11(15)21-7)6(2)20-10(14)8-4-18-12(16)22-8;1-6(20-10(14)8-5-19-12(16)22-8)2-3-17-9(13)7-4-18-11(15)21-7/h7-10H,1-6H2;1-4,9-10H,5-6H2;7-8H,3-6H2,1-2H3;5-6H,1-4H2;5-8H,3-4H2,1-2H3;6-8H,2-5H2,1H3. The van der Waals surface area contributed by atoms with Gasteiger partial charge in [-0.05, 0) is 70.7 Å². The predicted molar refractivity (Wildman–Crippen MR) is 400 cm³/mol. The topological polar surface area (TPSA) is 742 Å². The Morgan fingerprint density at radius 3 is 0.688 bits per heavy atom. The second-order valence-corrected chi connectivity index (χ2v) is 30.1. The molecular weight excluding hydrogens is 1960 g/mol. The molecule has 15 unspecified atom stereocenters. The maximum atomic E-state index is 13.5. The van der Waals surface area contributed by atoms with Crippen LogP contribution in [0.15, 0.2) is 24.3 Å². The number of rotatable bonds is 32. The summed E-state index contributed by atoms with van der Waals surface area (Å²) >= 11 is 0. The molecule has 12 saturated heterocycles. The lowest BCUT2D eigenvalue weighted by molar-refractivity contribution is -0.249. The zero-order valence-electron chi connectivity index (χ0n) is 73.2. The summed E-state index contributed by atoms with van der Waals surface area (Å²) in [6.07, 6.45) is -26.5. The maximum absolute atomic E-state index is 13.5. The zero-order chi connectivity index (χ0) is 103. The monoisotopic (exact) mass is 2040 g/mol. The molecule has 64 heteroatoms. The first-order chi connectivity index (χ1) is 66.6. The third-order valence-electron chi connectivity index (χ3n) is 18.6. The molecule has 1 aliphatic carbocycles. The molecule has 1 aromatic carbocycles. The van der Waals surface area contributed by atoms with E-state index in [-0.39, 0.29) is 116 Å². The molecule has 1 saturated carbocycles. The first kappa shape index (κ1) is 108. The highest BCUT2D eigenvalue weighted by atomic mass is 19.3. The Hall–Kier alpha value is -16.2. The molecule has 0 bridgehead atoms. The van der Waals surface area contributed by atoms with Crippen molar-refractivity contribution < 1.29 is 303 Å². The highest BCUT2D eigenvalue weighted by Gasteiger charge is 2.59. The third kappa shape index (κ3) is 34.5. The van der Waals surface area contributed by atoms with Gasteiger partial charge in [0.15, 0.2) is 13.2 Å². The number of ether oxygens (including phenoxy) is 36. The second-order valence-electron chi connectivity index (χ2n) is 30.1. The lowest BCUT2D eigenvalue weighted by Crippen LogP contribution is -2.49. The minimum absolute atomic E-state index is 0.0394. The number of benzene rings is 1. The van der Waals surface area contributed by atoms with Crippen molar-refractivity contribution in [3.63, 3.8) is 0 Å². The minimum atomic E-state index is -4.92. The molecule has 12 aliphatic heterocycles. The molecule has 60 nitrogen and oxygen atoms in total. The molecule has 13 fully saturated rings. The fraction of sp³-hybridized carbons (Fsp3) is 0.610. The highest BCUT2D eigenvalue weighted by molar-refractivity contribution is 5.87. The molecule has 0 radical (unpaired) electrons. The summed E-state index contributed by atoms with van der Waals surface area (Å²) in [5.41, 5.74) is -0.696. The van der Waals surface area contributed by atoms with Crippen LogP contribution in [0.4, 0.5) is 75.1 Å². The van der Waals surface area contributed by atoms with E-state index in [1.54, 1.807) is 20.8 Å². The summed E-state index contributed by atoms with van der Waals surface area (Å²) in [7, 11) is 0. The van der Waals surface area contributed by atoms with Crippen molar-refractivity contribution in [3.05, 3.63) is 24.3 Å². The average molecular weight is 2040 g/mol. The molecule has 0 aromatic heterocycles. The number of hydrogen-bond donors (Lipinski definition) is 0. The summed E-state index contributed by atoms with van der Waals surface area (Å²) in [5.74, 6) is -20.0. The van der Waals surface area contributed by atoms with E-state index >= 15 is 0 Å². The van der Waals surface area contributed by atoms with Crippen LogP contribution < -0.4 is 9.47 Å². The first-order valence-corrected chi connectivity index (χ1v) is 40.8. The molecule has 0 spiro atoms. The van der Waals surface area contributed by atoms with Gasteiger partial charge < -0.3 is 171 Å². The summed E-state index contributed by atoms with van der Waals surface area (Å²) in [5, 5.41) is 0. The van der Waals surface area contributed by atoms with E-state index in [2.05, 4.69) is 123 Å². The third-order valence-corrected chi connectivity index (χ3v) is 18.6. The molecule has 0 N–H and O–H groups in total. The van der Waals surface area contributed by atoms with Crippen LogP contribution in [0.3, 0.4) is 0 Å². The first-order valence-electron chi connectivity index (χ1n) is 40.8. The van der Waals surface area contributed by atoms with Crippen LogP contribution >= 0.6 is 0 Å². The molecule has 14 rings (SSSR count). The van der Waals surface area contributed by atoms with Gasteiger partial charge in [0.25, 0.3) is 0 Å². The Bertz CT molecular complexity index is 4560. The molecule has 13 aliphatic rings. The van der Waals surface area contributed by atoms with Gasteiger partial charge >= 0.3 is 157 Å². The number of esters is 12. The van der Waals surface area contributed by atoms with Crippen LogP contribution in [0.2, 0.25) is 0 Å². The quantitative estimate of drug-likeness (QED) is 0.0426. The summed E-state index contributed by atoms with van der Waals surface area (Å²) < 4.78 is 220. The molecule has 1 aromatic rings. The largest absolute Gasteiger partial charge is 0.509 e. The van der Waals surface area contributed by atoms with E-state index < -0.39 is 281 Å². The number of cyclic esters (lactones) is 24. The van der Waals surface area contributed by atoms with Crippen molar-refractivity contribution in [2.24, 2.45) is 5.41 Å². The van der Waals surface area contributed by atoms with E-state index in [0.29, 0.717) is 25.7 Å². The summed E-state index contributed by atoms with van der Waals surface area (Å²) in [4.78, 5) is 268. The normalized spacial score (nSPS) is 25.1. The lowest BCUT2D eigenvalue weighted by atomic mass is 9.95. The van der Waals surface area contributed by atoms with Crippen molar-refractivity contribution in [1.29, 1.82) is 0 Å². The van der Waals surface area contributed by atoms with E-state index in [0.717, 1.165) is 0 Å². The van der Waals surface area contributed by atoms with Crippen LogP contribution in [0.5, 0.6) is 11.5 Å². The van der Waals surface area contributed by atoms with E-state index in [4.69, 9.17) is 47.4 Å². The Morgan fingerprint density at radius 1 is 0.277 bits per heavy atom. The number of carbonyl (C=O) groups excluding carboxylic acids is 24. The Morgan fingerprint density at radius 2 is 0.468 bits per heavy atom. The predicted octanol–water partition coefficient (Wildman–Crippen LogP) is 1.45. The van der Waals surface area contributed by atoms with Gasteiger partial charge in [0.2, 0.25) is 73.2 Å². The van der Waals surface area contributed by atoms with E-state index in [9.17, 15) is 133 Å². The van der Waals surface area contributed by atoms with Gasteiger partial charge in [-0.1, -0.05) is 13.8 Å². The van der Waals surface area contributed by atoms with Gasteiger partial charge in [-0.2, -0.15) is 17.6 Å². The van der Waals surface area contributed by atoms with Crippen LogP contribution in [-0.4, -0.2) is 373 Å². The van der Waals surface area contributed by atoms with Gasteiger partial charge in [0.1, 0.15) is 121 Å². The second kappa shape index (κ2) is 50.2. The average Bonchev–Trinajstić information content (AvgIpc) is 1.35. The van der Waals surface area contributed by atoms with Gasteiger partial charge in [-0.15, -0.1) is 0 Å². The van der Waals surface area contributed by atoms with Crippen molar-refractivity contribution in [2.75, 3.05) is 112 Å². The van der Waals surface area contributed by atoms with Gasteiger partial charge in [-0.25, -0.2) is 115 Å². The summed E-state index contributed by atoms with van der Waals surface area (Å²) in [6.45, 7) is 0.455. The van der Waals surface area contributed by atoms with Crippen molar-refractivity contribution in [1.82, 2.24) is 0 Å². The van der Waals surface area contributed by atoms with Crippen LogP contribution in [0.25, 0.3) is 0 Å². The Balaban J connectivity index is 0.000000189. The molecule has 0 amide bonds. The number of alkyl halides is 4.